The lowest BCUT2D eigenvalue weighted by atomic mass is 10.2. The number of methoxy groups -OCH3 is 1. The molecule has 0 bridgehead atoms. The molecule has 8 nitrogen and oxygen atoms in total. The Balaban J connectivity index is 1.55. The fraction of sp³-hybridized carbons (Fsp3) is 0.353. The molecule has 0 aliphatic carbocycles. The number of hydrogen-bond acceptors (Lipinski definition) is 5. The van der Waals surface area contributed by atoms with Gasteiger partial charge in [0.2, 0.25) is 5.88 Å². The smallest absolute Gasteiger partial charge is 0.315 e. The first kappa shape index (κ1) is 16.8. The van der Waals surface area contributed by atoms with E-state index in [1.807, 2.05) is 30.3 Å². The molecule has 1 unspecified atom stereocenters. The Labute approximate surface area is 145 Å². The van der Waals surface area contributed by atoms with Crippen molar-refractivity contribution in [1.82, 2.24) is 14.7 Å². The molecule has 8 heteroatoms. The molecule has 1 aliphatic rings. The summed E-state index contributed by atoms with van der Waals surface area (Å²) in [7, 11) is 3.20. The highest BCUT2D eigenvalue weighted by Gasteiger charge is 2.30. The van der Waals surface area contributed by atoms with Crippen LogP contribution >= 0.6 is 0 Å². The number of aromatic nitrogens is 2. The summed E-state index contributed by atoms with van der Waals surface area (Å²) in [4.78, 5) is 26.0. The van der Waals surface area contributed by atoms with Crippen molar-refractivity contribution in [2.75, 3.05) is 30.8 Å². The first-order valence-corrected chi connectivity index (χ1v) is 8.06. The summed E-state index contributed by atoms with van der Waals surface area (Å²) in [5.74, 6) is -0.463. The van der Waals surface area contributed by atoms with Crippen LogP contribution in [0.2, 0.25) is 0 Å². The van der Waals surface area contributed by atoms with Crippen LogP contribution in [0.3, 0.4) is 0 Å². The van der Waals surface area contributed by atoms with Crippen LogP contribution in [0.1, 0.15) is 6.42 Å². The molecule has 25 heavy (non-hydrogen) atoms. The molecule has 1 atom stereocenters. The Kier molecular flexibility index (Phi) is 4.87. The summed E-state index contributed by atoms with van der Waals surface area (Å²) in [5.41, 5.74) is 1.01. The minimum absolute atomic E-state index is 0.133. The van der Waals surface area contributed by atoms with E-state index in [9.17, 15) is 9.59 Å². The minimum atomic E-state index is -0.693. The van der Waals surface area contributed by atoms with Crippen LogP contribution in [0, 0.1) is 0 Å². The molecule has 0 spiro atoms. The molecule has 2 N–H and O–H groups in total. The van der Waals surface area contributed by atoms with Crippen molar-refractivity contribution in [1.29, 1.82) is 0 Å². The van der Waals surface area contributed by atoms with E-state index < -0.39 is 11.8 Å². The van der Waals surface area contributed by atoms with Crippen LogP contribution in [-0.2, 0) is 16.6 Å². The second kappa shape index (κ2) is 7.25. The van der Waals surface area contributed by atoms with E-state index >= 15 is 0 Å². The maximum absolute atomic E-state index is 12.3. The van der Waals surface area contributed by atoms with Crippen LogP contribution in [0.4, 0.5) is 11.5 Å². The molecule has 2 aromatic rings. The van der Waals surface area contributed by atoms with Gasteiger partial charge in [-0.1, -0.05) is 18.2 Å². The van der Waals surface area contributed by atoms with Crippen LogP contribution in [-0.4, -0.2) is 52.7 Å². The van der Waals surface area contributed by atoms with Crippen LogP contribution < -0.4 is 15.4 Å². The predicted octanol–water partition coefficient (Wildman–Crippen LogP) is 1.08. The molecular formula is C17H21N5O3. The lowest BCUT2D eigenvalue weighted by Crippen LogP contribution is -2.39. The van der Waals surface area contributed by atoms with Gasteiger partial charge < -0.3 is 20.3 Å². The molecule has 1 fully saturated rings. The highest BCUT2D eigenvalue weighted by molar-refractivity contribution is 6.39. The van der Waals surface area contributed by atoms with Gasteiger partial charge in [-0.3, -0.25) is 9.59 Å². The van der Waals surface area contributed by atoms with Crippen LogP contribution in [0.5, 0.6) is 5.88 Å². The van der Waals surface area contributed by atoms with E-state index in [0.29, 0.717) is 19.0 Å². The lowest BCUT2D eigenvalue weighted by molar-refractivity contribution is -0.142. The molecule has 0 radical (unpaired) electrons. The zero-order valence-corrected chi connectivity index (χ0v) is 14.2. The summed E-state index contributed by atoms with van der Waals surface area (Å²) in [6, 6.07) is 11.5. The molecule has 132 valence electrons. The number of anilines is 2. The number of aryl methyl sites for hydroxylation is 1. The van der Waals surface area contributed by atoms with Crippen molar-refractivity contribution in [2.24, 2.45) is 7.05 Å². The number of benzene rings is 1. The molecule has 2 heterocycles. The summed E-state index contributed by atoms with van der Waals surface area (Å²) < 4.78 is 6.57. The fourth-order valence-electron chi connectivity index (χ4n) is 2.85. The molecule has 1 aromatic carbocycles. The molecule has 0 saturated carbocycles. The third kappa shape index (κ3) is 3.90. The van der Waals surface area contributed by atoms with E-state index in [1.54, 1.807) is 18.0 Å². The van der Waals surface area contributed by atoms with Gasteiger partial charge >= 0.3 is 11.8 Å². The standard InChI is InChI=1S/C17H21N5O3/c1-21-15(25-2)10-14(20-21)19-16(23)17(24)22-9-8-13(11-22)18-12-6-4-3-5-7-12/h3-7,10,13,18H,8-9,11H2,1-2H3,(H,19,20,23). The number of hydrogen-bond donors (Lipinski definition) is 2. The Morgan fingerprint density at radius 1 is 1.28 bits per heavy atom. The minimum Gasteiger partial charge on any atom is -0.481 e. The number of likely N-dealkylation sites (tertiary alicyclic amines) is 1. The molecule has 3 rings (SSSR count). The van der Waals surface area contributed by atoms with Crippen molar-refractivity contribution in [3.05, 3.63) is 36.4 Å². The SMILES string of the molecule is COc1cc(NC(=O)C(=O)N2CCC(Nc3ccccc3)C2)nn1C. The third-order valence-corrected chi connectivity index (χ3v) is 4.10. The molecular weight excluding hydrogens is 322 g/mol. The van der Waals surface area contributed by atoms with Gasteiger partial charge in [-0.05, 0) is 18.6 Å². The number of rotatable bonds is 4. The van der Waals surface area contributed by atoms with E-state index in [-0.39, 0.29) is 11.9 Å². The quantitative estimate of drug-likeness (QED) is 0.811. The molecule has 2 amide bonds. The summed E-state index contributed by atoms with van der Waals surface area (Å²) in [6.07, 6.45) is 0.797. The number of ether oxygens (including phenoxy) is 1. The number of para-hydroxylation sites is 1. The zero-order valence-electron chi connectivity index (χ0n) is 14.2. The highest BCUT2D eigenvalue weighted by atomic mass is 16.5. The molecule has 1 aliphatic heterocycles. The van der Waals surface area contributed by atoms with Crippen molar-refractivity contribution in [3.8, 4) is 5.88 Å². The van der Waals surface area contributed by atoms with Gasteiger partial charge in [-0.25, -0.2) is 4.68 Å². The first-order chi connectivity index (χ1) is 12.1. The monoisotopic (exact) mass is 343 g/mol. The van der Waals surface area contributed by atoms with Crippen LogP contribution in [0.15, 0.2) is 36.4 Å². The van der Waals surface area contributed by atoms with Gasteiger partial charge in [0, 0.05) is 37.9 Å². The number of carbonyl (C=O) groups excluding carboxylic acids is 2. The lowest BCUT2D eigenvalue weighted by Gasteiger charge is -2.17. The number of amides is 2. The normalized spacial score (nSPS) is 16.6. The average molecular weight is 343 g/mol. The van der Waals surface area contributed by atoms with Crippen molar-refractivity contribution in [3.63, 3.8) is 0 Å². The Hall–Kier alpha value is -3.03. The topological polar surface area (TPSA) is 88.5 Å². The van der Waals surface area contributed by atoms with Crippen molar-refractivity contribution in [2.45, 2.75) is 12.5 Å². The summed E-state index contributed by atoms with van der Waals surface area (Å²) in [6.45, 7) is 1.04. The summed E-state index contributed by atoms with van der Waals surface area (Å²) in [5, 5.41) is 9.97. The largest absolute Gasteiger partial charge is 0.481 e. The van der Waals surface area contributed by atoms with Gasteiger partial charge in [0.1, 0.15) is 0 Å². The molecule has 1 aromatic heterocycles. The number of carbonyl (C=O) groups is 2. The molecule has 1 saturated heterocycles. The number of nitrogens with zero attached hydrogens (tertiary/aromatic N) is 3. The van der Waals surface area contributed by atoms with E-state index in [1.165, 1.54) is 11.8 Å². The fourth-order valence-corrected chi connectivity index (χ4v) is 2.85. The first-order valence-electron chi connectivity index (χ1n) is 8.06. The summed E-state index contributed by atoms with van der Waals surface area (Å²) >= 11 is 0. The van der Waals surface area contributed by atoms with Gasteiger partial charge in [0.05, 0.1) is 7.11 Å². The van der Waals surface area contributed by atoms with Crippen molar-refractivity contribution < 1.29 is 14.3 Å². The van der Waals surface area contributed by atoms with E-state index in [0.717, 1.165) is 12.1 Å². The predicted molar refractivity (Wildman–Crippen MR) is 93.4 cm³/mol. The van der Waals surface area contributed by atoms with E-state index in [4.69, 9.17) is 4.74 Å². The van der Waals surface area contributed by atoms with Crippen LogP contribution in [0.25, 0.3) is 0 Å². The second-order valence-corrected chi connectivity index (χ2v) is 5.90. The second-order valence-electron chi connectivity index (χ2n) is 5.90. The van der Waals surface area contributed by atoms with Crippen molar-refractivity contribution >= 4 is 23.3 Å². The number of nitrogens with one attached hydrogen (secondary N) is 2. The Morgan fingerprint density at radius 3 is 2.72 bits per heavy atom. The van der Waals surface area contributed by atoms with E-state index in [2.05, 4.69) is 15.7 Å². The third-order valence-electron chi connectivity index (χ3n) is 4.10. The average Bonchev–Trinajstić information content (AvgIpc) is 3.21. The van der Waals surface area contributed by atoms with Gasteiger partial charge in [-0.15, -0.1) is 0 Å². The Morgan fingerprint density at radius 2 is 2.04 bits per heavy atom. The van der Waals surface area contributed by atoms with Gasteiger partial charge in [0.15, 0.2) is 5.82 Å². The highest BCUT2D eigenvalue weighted by Crippen LogP contribution is 2.17. The zero-order chi connectivity index (χ0) is 17.8. The Bertz CT molecular complexity index is 759. The maximum Gasteiger partial charge on any atom is 0.315 e. The van der Waals surface area contributed by atoms with Gasteiger partial charge in [-0.2, -0.15) is 5.10 Å². The van der Waals surface area contributed by atoms with Gasteiger partial charge in [0.25, 0.3) is 0 Å². The maximum atomic E-state index is 12.3.